The van der Waals surface area contributed by atoms with Crippen molar-refractivity contribution < 1.29 is 14.0 Å². The van der Waals surface area contributed by atoms with Gasteiger partial charge in [-0.25, -0.2) is 0 Å². The van der Waals surface area contributed by atoms with Gasteiger partial charge < -0.3 is 19.1 Å². The normalized spacial score (nSPS) is 18.2. The Morgan fingerprint density at radius 3 is 2.14 bits per heavy atom. The van der Waals surface area contributed by atoms with E-state index in [1.165, 1.54) is 5.69 Å². The van der Waals surface area contributed by atoms with Gasteiger partial charge in [0.2, 0.25) is 5.91 Å². The molecule has 0 radical (unpaired) electrons. The maximum atomic E-state index is 12.7. The SMILES string of the molecule is CC(=O)N1CCN(C(=O)c2ccc(CN3CCN(c4ccccc4)CC3)o2)CC1. The number of rotatable bonds is 4. The number of hydrogen-bond acceptors (Lipinski definition) is 5. The first-order valence-electron chi connectivity index (χ1n) is 10.3. The molecule has 1 aromatic heterocycles. The van der Waals surface area contributed by atoms with Gasteiger partial charge in [-0.15, -0.1) is 0 Å². The average Bonchev–Trinajstić information content (AvgIpc) is 3.23. The lowest BCUT2D eigenvalue weighted by Gasteiger charge is -2.35. The predicted molar refractivity (Wildman–Crippen MR) is 111 cm³/mol. The number of furan rings is 1. The molecule has 4 rings (SSSR count). The molecule has 2 aliphatic heterocycles. The third kappa shape index (κ3) is 4.62. The Balaban J connectivity index is 1.28. The fourth-order valence-electron chi connectivity index (χ4n) is 3.98. The lowest BCUT2D eigenvalue weighted by atomic mass is 10.2. The molecule has 2 fully saturated rings. The zero-order valence-corrected chi connectivity index (χ0v) is 16.9. The zero-order valence-electron chi connectivity index (χ0n) is 16.9. The van der Waals surface area contributed by atoms with Crippen LogP contribution in [0.3, 0.4) is 0 Å². The molecule has 7 heteroatoms. The van der Waals surface area contributed by atoms with Crippen LogP contribution in [0.2, 0.25) is 0 Å². The quantitative estimate of drug-likeness (QED) is 0.790. The molecule has 7 nitrogen and oxygen atoms in total. The van der Waals surface area contributed by atoms with E-state index in [0.717, 1.165) is 31.9 Å². The van der Waals surface area contributed by atoms with Crippen LogP contribution >= 0.6 is 0 Å². The molecule has 2 aromatic rings. The first-order valence-corrected chi connectivity index (χ1v) is 10.3. The fraction of sp³-hybridized carbons (Fsp3) is 0.455. The van der Waals surface area contributed by atoms with Crippen molar-refractivity contribution in [2.75, 3.05) is 57.3 Å². The number of anilines is 1. The summed E-state index contributed by atoms with van der Waals surface area (Å²) >= 11 is 0. The number of nitrogens with zero attached hydrogens (tertiary/aromatic N) is 4. The molecule has 0 spiro atoms. The topological polar surface area (TPSA) is 60.2 Å². The molecule has 3 heterocycles. The highest BCUT2D eigenvalue weighted by Gasteiger charge is 2.25. The standard InChI is InChI=1S/C22H28N4O3/c1-18(27)24-13-15-26(16-14-24)22(28)21-8-7-20(29-21)17-23-9-11-25(12-10-23)19-5-3-2-4-6-19/h2-8H,9-17H2,1H3. The highest BCUT2D eigenvalue weighted by atomic mass is 16.4. The third-order valence-corrected chi connectivity index (χ3v) is 5.76. The van der Waals surface area contributed by atoms with E-state index in [-0.39, 0.29) is 11.8 Å². The molecule has 0 aliphatic carbocycles. The van der Waals surface area contributed by atoms with E-state index >= 15 is 0 Å². The number of carbonyl (C=O) groups excluding carboxylic acids is 2. The Morgan fingerprint density at radius 2 is 1.48 bits per heavy atom. The summed E-state index contributed by atoms with van der Waals surface area (Å²) in [4.78, 5) is 32.4. The smallest absolute Gasteiger partial charge is 0.289 e. The molecule has 154 valence electrons. The van der Waals surface area contributed by atoms with Crippen molar-refractivity contribution in [1.82, 2.24) is 14.7 Å². The molecule has 2 saturated heterocycles. The molecule has 29 heavy (non-hydrogen) atoms. The molecule has 0 saturated carbocycles. The van der Waals surface area contributed by atoms with Gasteiger partial charge in [0.15, 0.2) is 5.76 Å². The van der Waals surface area contributed by atoms with E-state index in [0.29, 0.717) is 38.5 Å². The van der Waals surface area contributed by atoms with E-state index < -0.39 is 0 Å². The number of benzene rings is 1. The van der Waals surface area contributed by atoms with E-state index in [4.69, 9.17) is 4.42 Å². The monoisotopic (exact) mass is 396 g/mol. The predicted octanol–water partition coefficient (Wildman–Crippen LogP) is 1.91. The van der Waals surface area contributed by atoms with E-state index in [2.05, 4.69) is 34.1 Å². The Morgan fingerprint density at radius 1 is 0.828 bits per heavy atom. The second-order valence-corrected chi connectivity index (χ2v) is 7.66. The van der Waals surface area contributed by atoms with Crippen LogP contribution in [0.1, 0.15) is 23.2 Å². The van der Waals surface area contributed by atoms with Gasteiger partial charge in [-0.1, -0.05) is 18.2 Å². The lowest BCUT2D eigenvalue weighted by Crippen LogP contribution is -2.50. The summed E-state index contributed by atoms with van der Waals surface area (Å²) in [5, 5.41) is 0. The highest BCUT2D eigenvalue weighted by molar-refractivity contribution is 5.91. The van der Waals surface area contributed by atoms with E-state index in [1.54, 1.807) is 22.8 Å². The van der Waals surface area contributed by atoms with Crippen molar-refractivity contribution in [2.24, 2.45) is 0 Å². The number of piperazine rings is 2. The number of carbonyl (C=O) groups is 2. The van der Waals surface area contributed by atoms with Crippen LogP contribution < -0.4 is 4.90 Å². The minimum absolute atomic E-state index is 0.0599. The summed E-state index contributed by atoms with van der Waals surface area (Å²) in [5.74, 6) is 1.18. The minimum Gasteiger partial charge on any atom is -0.455 e. The molecule has 0 bridgehead atoms. The molecule has 2 amide bonds. The first-order chi connectivity index (χ1) is 14.1. The summed E-state index contributed by atoms with van der Waals surface area (Å²) in [6, 6.07) is 14.2. The van der Waals surface area contributed by atoms with Gasteiger partial charge in [-0.2, -0.15) is 0 Å². The summed E-state index contributed by atoms with van der Waals surface area (Å²) in [7, 11) is 0. The van der Waals surface area contributed by atoms with Crippen molar-refractivity contribution in [3.05, 3.63) is 54.0 Å². The summed E-state index contributed by atoms with van der Waals surface area (Å²) in [6.07, 6.45) is 0. The van der Waals surface area contributed by atoms with Crippen molar-refractivity contribution in [3.8, 4) is 0 Å². The Hall–Kier alpha value is -2.80. The van der Waals surface area contributed by atoms with Gasteiger partial charge in [-0.05, 0) is 24.3 Å². The first kappa shape index (κ1) is 19.5. The van der Waals surface area contributed by atoms with Crippen LogP contribution in [-0.4, -0.2) is 78.9 Å². The van der Waals surface area contributed by atoms with Crippen LogP contribution in [0.4, 0.5) is 5.69 Å². The van der Waals surface area contributed by atoms with Crippen LogP contribution in [0.15, 0.2) is 46.9 Å². The fourth-order valence-corrected chi connectivity index (χ4v) is 3.98. The second-order valence-electron chi connectivity index (χ2n) is 7.66. The molecular formula is C22H28N4O3. The van der Waals surface area contributed by atoms with Gasteiger partial charge >= 0.3 is 0 Å². The maximum absolute atomic E-state index is 12.7. The van der Waals surface area contributed by atoms with Gasteiger partial charge in [0.1, 0.15) is 5.76 Å². The van der Waals surface area contributed by atoms with Crippen LogP contribution in [0.5, 0.6) is 0 Å². The Labute approximate surface area is 171 Å². The number of para-hydroxylation sites is 1. The van der Waals surface area contributed by atoms with E-state index in [1.807, 2.05) is 12.1 Å². The van der Waals surface area contributed by atoms with Crippen LogP contribution in [0, 0.1) is 0 Å². The Kier molecular flexibility index (Phi) is 5.85. The zero-order chi connectivity index (χ0) is 20.2. The molecular weight excluding hydrogens is 368 g/mol. The minimum atomic E-state index is -0.0895. The van der Waals surface area contributed by atoms with Gasteiger partial charge in [-0.3, -0.25) is 14.5 Å². The van der Waals surface area contributed by atoms with Crippen molar-refractivity contribution in [2.45, 2.75) is 13.5 Å². The largest absolute Gasteiger partial charge is 0.455 e. The highest BCUT2D eigenvalue weighted by Crippen LogP contribution is 2.18. The summed E-state index contributed by atoms with van der Waals surface area (Å²) < 4.78 is 5.86. The van der Waals surface area contributed by atoms with Crippen molar-refractivity contribution in [3.63, 3.8) is 0 Å². The molecule has 0 atom stereocenters. The molecule has 1 aromatic carbocycles. The molecule has 0 N–H and O–H groups in total. The molecule has 2 aliphatic rings. The third-order valence-electron chi connectivity index (χ3n) is 5.76. The average molecular weight is 396 g/mol. The summed E-state index contributed by atoms with van der Waals surface area (Å²) in [6.45, 7) is 8.45. The van der Waals surface area contributed by atoms with Gasteiger partial charge in [0.05, 0.1) is 6.54 Å². The van der Waals surface area contributed by atoms with Crippen molar-refractivity contribution >= 4 is 17.5 Å². The van der Waals surface area contributed by atoms with E-state index in [9.17, 15) is 9.59 Å². The number of hydrogen-bond donors (Lipinski definition) is 0. The van der Waals surface area contributed by atoms with Crippen LogP contribution in [-0.2, 0) is 11.3 Å². The van der Waals surface area contributed by atoms with Crippen LogP contribution in [0.25, 0.3) is 0 Å². The van der Waals surface area contributed by atoms with Gasteiger partial charge in [0.25, 0.3) is 5.91 Å². The lowest BCUT2D eigenvalue weighted by molar-refractivity contribution is -0.130. The second kappa shape index (κ2) is 8.69. The summed E-state index contributed by atoms with van der Waals surface area (Å²) in [5.41, 5.74) is 1.27. The maximum Gasteiger partial charge on any atom is 0.289 e. The number of amides is 2. The van der Waals surface area contributed by atoms with Crippen molar-refractivity contribution in [1.29, 1.82) is 0 Å². The van der Waals surface area contributed by atoms with Gasteiger partial charge in [0, 0.05) is 65.0 Å². The Bertz CT molecular complexity index is 835. The molecule has 0 unspecified atom stereocenters.